The molecule has 0 aromatic heterocycles. The van der Waals surface area contributed by atoms with Crippen LogP contribution in [0.25, 0.3) is 0 Å². The summed E-state index contributed by atoms with van der Waals surface area (Å²) in [6, 6.07) is 5.79. The second-order valence-electron chi connectivity index (χ2n) is 7.44. The fourth-order valence-electron chi connectivity index (χ4n) is 3.02. The van der Waals surface area contributed by atoms with E-state index >= 15 is 0 Å². The van der Waals surface area contributed by atoms with Gasteiger partial charge in [-0.05, 0) is 37.0 Å². The van der Waals surface area contributed by atoms with E-state index in [9.17, 15) is 0 Å². The molecule has 0 radical (unpaired) electrons. The number of hydrogen-bond acceptors (Lipinski definition) is 5. The SMILES string of the molecule is CCCCCCN(CCCCCC)OCc1ccc(N=N)c(OCCCC)c1. The van der Waals surface area contributed by atoms with Crippen molar-refractivity contribution in [3.05, 3.63) is 23.8 Å². The molecule has 0 spiro atoms. The molecule has 0 unspecified atom stereocenters. The molecule has 1 N–H and O–H groups in total. The normalized spacial score (nSPS) is 11.1. The van der Waals surface area contributed by atoms with Gasteiger partial charge in [0, 0.05) is 13.1 Å². The average molecular weight is 392 g/mol. The van der Waals surface area contributed by atoms with Crippen molar-refractivity contribution < 1.29 is 9.57 Å². The Labute approximate surface area is 172 Å². The van der Waals surface area contributed by atoms with E-state index in [1.54, 1.807) is 0 Å². The van der Waals surface area contributed by atoms with Crippen LogP contribution < -0.4 is 4.74 Å². The fourth-order valence-corrected chi connectivity index (χ4v) is 3.02. The zero-order chi connectivity index (χ0) is 20.5. The number of hydroxylamine groups is 2. The summed E-state index contributed by atoms with van der Waals surface area (Å²) in [6.45, 7) is 9.80. The van der Waals surface area contributed by atoms with Crippen LogP contribution in [0.4, 0.5) is 5.69 Å². The molecule has 0 aliphatic rings. The summed E-state index contributed by atoms with van der Waals surface area (Å²) in [5.74, 6) is 0.682. The molecule has 0 saturated heterocycles. The van der Waals surface area contributed by atoms with Gasteiger partial charge in [0.2, 0.25) is 0 Å². The highest BCUT2D eigenvalue weighted by molar-refractivity contribution is 5.52. The van der Waals surface area contributed by atoms with Gasteiger partial charge in [-0.2, -0.15) is 10.2 Å². The standard InChI is InChI=1S/C23H41N3O2/c1-4-7-10-12-16-26(17-13-11-8-5-2)28-20-21-14-15-22(25-24)23(19-21)27-18-9-6-3/h14-15,19,24H,4-13,16-18,20H2,1-3H3. The van der Waals surface area contributed by atoms with E-state index < -0.39 is 0 Å². The van der Waals surface area contributed by atoms with Gasteiger partial charge in [0.05, 0.1) is 13.2 Å². The van der Waals surface area contributed by atoms with Crippen molar-refractivity contribution in [3.63, 3.8) is 0 Å². The summed E-state index contributed by atoms with van der Waals surface area (Å²) in [4.78, 5) is 6.14. The van der Waals surface area contributed by atoms with Gasteiger partial charge in [-0.3, -0.25) is 4.84 Å². The molecule has 5 nitrogen and oxygen atoms in total. The molecular formula is C23H41N3O2. The number of rotatable bonds is 18. The predicted molar refractivity (Wildman–Crippen MR) is 116 cm³/mol. The number of hydrogen-bond donors (Lipinski definition) is 1. The van der Waals surface area contributed by atoms with Crippen LogP contribution in [-0.4, -0.2) is 24.8 Å². The Morgan fingerprint density at radius 2 is 1.50 bits per heavy atom. The number of unbranched alkanes of at least 4 members (excludes halogenated alkanes) is 7. The van der Waals surface area contributed by atoms with Crippen molar-refractivity contribution >= 4 is 5.69 Å². The molecule has 0 aliphatic heterocycles. The van der Waals surface area contributed by atoms with E-state index in [1.807, 2.05) is 18.2 Å². The Morgan fingerprint density at radius 1 is 0.857 bits per heavy atom. The molecule has 28 heavy (non-hydrogen) atoms. The number of nitrogens with one attached hydrogen (secondary N) is 1. The Morgan fingerprint density at radius 3 is 2.07 bits per heavy atom. The molecule has 0 heterocycles. The zero-order valence-electron chi connectivity index (χ0n) is 18.3. The fraction of sp³-hybridized carbons (Fsp3) is 0.739. The lowest BCUT2D eigenvalue weighted by Crippen LogP contribution is -2.26. The van der Waals surface area contributed by atoms with Crippen LogP contribution in [0.1, 0.15) is 90.5 Å². The van der Waals surface area contributed by atoms with E-state index in [1.165, 1.54) is 51.4 Å². The van der Waals surface area contributed by atoms with E-state index in [0.717, 1.165) is 31.5 Å². The van der Waals surface area contributed by atoms with E-state index in [-0.39, 0.29) is 0 Å². The molecule has 0 amide bonds. The Bertz CT molecular complexity index is 511. The van der Waals surface area contributed by atoms with Crippen LogP contribution >= 0.6 is 0 Å². The smallest absolute Gasteiger partial charge is 0.147 e. The van der Waals surface area contributed by atoms with Crippen LogP contribution in [0, 0.1) is 5.53 Å². The summed E-state index contributed by atoms with van der Waals surface area (Å²) in [6.07, 6.45) is 12.1. The summed E-state index contributed by atoms with van der Waals surface area (Å²) in [5, 5.41) is 5.72. The molecule has 160 valence electrons. The van der Waals surface area contributed by atoms with Crippen LogP contribution in [0.5, 0.6) is 5.75 Å². The maximum absolute atomic E-state index is 7.33. The van der Waals surface area contributed by atoms with Crippen molar-refractivity contribution in [2.45, 2.75) is 91.6 Å². The predicted octanol–water partition coefficient (Wildman–Crippen LogP) is 7.42. The second kappa shape index (κ2) is 16.5. The molecule has 0 saturated carbocycles. The van der Waals surface area contributed by atoms with Gasteiger partial charge in [0.1, 0.15) is 11.4 Å². The van der Waals surface area contributed by atoms with Gasteiger partial charge in [0.25, 0.3) is 0 Å². The Hall–Kier alpha value is -1.46. The van der Waals surface area contributed by atoms with Gasteiger partial charge >= 0.3 is 0 Å². The van der Waals surface area contributed by atoms with Gasteiger partial charge in [0.15, 0.2) is 0 Å². The van der Waals surface area contributed by atoms with E-state index in [2.05, 4.69) is 30.9 Å². The highest BCUT2D eigenvalue weighted by Crippen LogP contribution is 2.29. The summed E-state index contributed by atoms with van der Waals surface area (Å²) in [7, 11) is 0. The first-order valence-corrected chi connectivity index (χ1v) is 11.3. The van der Waals surface area contributed by atoms with Crippen molar-refractivity contribution in [2.24, 2.45) is 5.11 Å². The lowest BCUT2D eigenvalue weighted by atomic mass is 10.2. The van der Waals surface area contributed by atoms with Gasteiger partial charge < -0.3 is 4.74 Å². The average Bonchev–Trinajstić information content (AvgIpc) is 2.72. The lowest BCUT2D eigenvalue weighted by Gasteiger charge is -2.22. The molecule has 0 fully saturated rings. The van der Waals surface area contributed by atoms with Gasteiger partial charge in [-0.15, -0.1) is 0 Å². The minimum atomic E-state index is 0.532. The van der Waals surface area contributed by atoms with Crippen molar-refractivity contribution in [1.29, 1.82) is 5.53 Å². The molecule has 5 heteroatoms. The lowest BCUT2D eigenvalue weighted by molar-refractivity contribution is -0.171. The molecule has 1 aromatic carbocycles. The highest BCUT2D eigenvalue weighted by Gasteiger charge is 2.09. The van der Waals surface area contributed by atoms with Crippen molar-refractivity contribution in [2.75, 3.05) is 19.7 Å². The highest BCUT2D eigenvalue weighted by atomic mass is 16.7. The van der Waals surface area contributed by atoms with E-state index in [0.29, 0.717) is 24.7 Å². The number of ether oxygens (including phenoxy) is 1. The molecule has 0 atom stereocenters. The molecule has 0 aliphatic carbocycles. The van der Waals surface area contributed by atoms with Crippen molar-refractivity contribution in [1.82, 2.24) is 5.06 Å². The summed E-state index contributed by atoms with van der Waals surface area (Å²) in [5.41, 5.74) is 8.97. The first-order chi connectivity index (χ1) is 13.7. The van der Waals surface area contributed by atoms with Crippen LogP contribution in [0.15, 0.2) is 23.3 Å². The summed E-state index contributed by atoms with van der Waals surface area (Å²) < 4.78 is 5.82. The minimum absolute atomic E-state index is 0.532. The zero-order valence-corrected chi connectivity index (χ0v) is 18.3. The third-order valence-electron chi connectivity index (χ3n) is 4.84. The molecule has 1 rings (SSSR count). The molecule has 0 bridgehead atoms. The quantitative estimate of drug-likeness (QED) is 0.161. The second-order valence-corrected chi connectivity index (χ2v) is 7.44. The molecule has 1 aromatic rings. The van der Waals surface area contributed by atoms with Crippen molar-refractivity contribution in [3.8, 4) is 5.75 Å². The molecular weight excluding hydrogens is 350 g/mol. The first-order valence-electron chi connectivity index (χ1n) is 11.3. The third-order valence-corrected chi connectivity index (χ3v) is 4.84. The maximum atomic E-state index is 7.33. The van der Waals surface area contributed by atoms with Gasteiger partial charge in [-0.1, -0.05) is 71.8 Å². The summed E-state index contributed by atoms with van der Waals surface area (Å²) >= 11 is 0. The number of benzene rings is 1. The van der Waals surface area contributed by atoms with Crippen LogP contribution in [0.2, 0.25) is 0 Å². The topological polar surface area (TPSA) is 57.9 Å². The Balaban J connectivity index is 2.59. The number of nitrogens with zero attached hydrogens (tertiary/aromatic N) is 2. The van der Waals surface area contributed by atoms with Crippen LogP contribution in [0.3, 0.4) is 0 Å². The Kier molecular flexibility index (Phi) is 14.5. The minimum Gasteiger partial charge on any atom is -0.491 e. The monoisotopic (exact) mass is 391 g/mol. The van der Waals surface area contributed by atoms with Crippen LogP contribution in [-0.2, 0) is 11.4 Å². The van der Waals surface area contributed by atoms with Gasteiger partial charge in [-0.25, -0.2) is 5.53 Å². The maximum Gasteiger partial charge on any atom is 0.147 e. The third kappa shape index (κ3) is 10.8. The first kappa shape index (κ1) is 24.6. The van der Waals surface area contributed by atoms with E-state index in [4.69, 9.17) is 15.1 Å². The largest absolute Gasteiger partial charge is 0.491 e.